The van der Waals surface area contributed by atoms with Crippen molar-refractivity contribution < 1.29 is 9.59 Å². The lowest BCUT2D eigenvalue weighted by molar-refractivity contribution is -0.133. The molecule has 0 unspecified atom stereocenters. The standard InChI is InChI=1S/C18H25N3O2/c1-13(22)19-10-17-8-7-16(20(17)2)9-18(23)21-11-14-5-3-4-6-15(14)12-21/h3-6,16-17H,7-12H2,1-2H3,(H,19,22)/t16-,17+/m0/s1. The van der Waals surface area contributed by atoms with E-state index in [1.165, 1.54) is 11.1 Å². The van der Waals surface area contributed by atoms with Gasteiger partial charge in [-0.2, -0.15) is 0 Å². The molecule has 0 aliphatic carbocycles. The van der Waals surface area contributed by atoms with Gasteiger partial charge in [0, 0.05) is 45.1 Å². The molecule has 1 aromatic rings. The first-order chi connectivity index (χ1) is 11.0. The van der Waals surface area contributed by atoms with Crippen molar-refractivity contribution in [3.8, 4) is 0 Å². The fourth-order valence-electron chi connectivity index (χ4n) is 3.68. The summed E-state index contributed by atoms with van der Waals surface area (Å²) in [4.78, 5) is 27.9. The Morgan fingerprint density at radius 2 is 1.74 bits per heavy atom. The van der Waals surface area contributed by atoms with Crippen LogP contribution >= 0.6 is 0 Å². The third-order valence-electron chi connectivity index (χ3n) is 5.18. The average molecular weight is 315 g/mol. The van der Waals surface area contributed by atoms with Crippen LogP contribution in [0.25, 0.3) is 0 Å². The maximum atomic E-state index is 12.6. The Bertz CT molecular complexity index is 577. The summed E-state index contributed by atoms with van der Waals surface area (Å²) in [7, 11) is 2.07. The van der Waals surface area contributed by atoms with Crippen molar-refractivity contribution in [1.82, 2.24) is 15.1 Å². The fraction of sp³-hybridized carbons (Fsp3) is 0.556. The minimum Gasteiger partial charge on any atom is -0.355 e. The van der Waals surface area contributed by atoms with Crippen LogP contribution in [0.2, 0.25) is 0 Å². The van der Waals surface area contributed by atoms with E-state index >= 15 is 0 Å². The van der Waals surface area contributed by atoms with Gasteiger partial charge < -0.3 is 10.2 Å². The molecule has 1 fully saturated rings. The number of nitrogens with zero attached hydrogens (tertiary/aromatic N) is 2. The van der Waals surface area contributed by atoms with E-state index in [-0.39, 0.29) is 17.9 Å². The number of hydrogen-bond donors (Lipinski definition) is 1. The van der Waals surface area contributed by atoms with Gasteiger partial charge >= 0.3 is 0 Å². The molecule has 23 heavy (non-hydrogen) atoms. The van der Waals surface area contributed by atoms with Crippen molar-refractivity contribution in [3.63, 3.8) is 0 Å². The SMILES string of the molecule is CC(=O)NC[C@H]1CC[C@@H](CC(=O)N2Cc3ccccc3C2)N1C. The van der Waals surface area contributed by atoms with E-state index in [1.807, 2.05) is 17.0 Å². The molecule has 1 saturated heterocycles. The molecule has 0 bridgehead atoms. The number of likely N-dealkylation sites (tertiary alicyclic amines) is 1. The Balaban J connectivity index is 1.52. The number of rotatable bonds is 4. The normalized spacial score (nSPS) is 23.8. The van der Waals surface area contributed by atoms with Crippen LogP contribution in [0.3, 0.4) is 0 Å². The zero-order valence-corrected chi connectivity index (χ0v) is 13.9. The Kier molecular flexibility index (Phi) is 4.66. The molecule has 0 radical (unpaired) electrons. The number of carbonyl (C=O) groups excluding carboxylic acids is 2. The van der Waals surface area contributed by atoms with Crippen molar-refractivity contribution in [2.24, 2.45) is 0 Å². The number of amides is 2. The predicted molar refractivity (Wildman–Crippen MR) is 88.6 cm³/mol. The first-order valence-electron chi connectivity index (χ1n) is 8.35. The number of nitrogens with one attached hydrogen (secondary N) is 1. The highest BCUT2D eigenvalue weighted by atomic mass is 16.2. The minimum atomic E-state index is 0.00718. The molecule has 1 N–H and O–H groups in total. The van der Waals surface area contributed by atoms with Crippen LogP contribution in [0.5, 0.6) is 0 Å². The molecular formula is C18H25N3O2. The zero-order chi connectivity index (χ0) is 16.4. The van der Waals surface area contributed by atoms with Gasteiger partial charge in [0.25, 0.3) is 0 Å². The monoisotopic (exact) mass is 315 g/mol. The van der Waals surface area contributed by atoms with Crippen molar-refractivity contribution in [2.45, 2.75) is 51.4 Å². The highest BCUT2D eigenvalue weighted by molar-refractivity contribution is 5.77. The van der Waals surface area contributed by atoms with Gasteiger partial charge in [0.1, 0.15) is 0 Å². The number of hydrogen-bond acceptors (Lipinski definition) is 3. The maximum Gasteiger partial charge on any atom is 0.224 e. The summed E-state index contributed by atoms with van der Waals surface area (Å²) in [5, 5.41) is 2.88. The summed E-state index contributed by atoms with van der Waals surface area (Å²) >= 11 is 0. The van der Waals surface area contributed by atoms with Crippen molar-refractivity contribution in [2.75, 3.05) is 13.6 Å². The minimum absolute atomic E-state index is 0.00718. The van der Waals surface area contributed by atoms with Crippen LogP contribution in [0, 0.1) is 0 Å². The second kappa shape index (κ2) is 6.71. The zero-order valence-electron chi connectivity index (χ0n) is 13.9. The summed E-state index contributed by atoms with van der Waals surface area (Å²) in [5.41, 5.74) is 2.54. The lowest BCUT2D eigenvalue weighted by atomic mass is 10.1. The van der Waals surface area contributed by atoms with Crippen LogP contribution in [0.1, 0.15) is 37.3 Å². The summed E-state index contributed by atoms with van der Waals surface area (Å²) < 4.78 is 0. The van der Waals surface area contributed by atoms with Gasteiger partial charge in [0.2, 0.25) is 11.8 Å². The van der Waals surface area contributed by atoms with E-state index in [0.29, 0.717) is 19.0 Å². The van der Waals surface area contributed by atoms with E-state index in [0.717, 1.165) is 25.9 Å². The van der Waals surface area contributed by atoms with Gasteiger partial charge in [-0.1, -0.05) is 24.3 Å². The van der Waals surface area contributed by atoms with Crippen LogP contribution in [0.4, 0.5) is 0 Å². The van der Waals surface area contributed by atoms with Crippen molar-refractivity contribution in [1.29, 1.82) is 0 Å². The van der Waals surface area contributed by atoms with Crippen LogP contribution in [0.15, 0.2) is 24.3 Å². The Labute approximate surface area is 137 Å². The number of carbonyl (C=O) groups is 2. The smallest absolute Gasteiger partial charge is 0.224 e. The number of likely N-dealkylation sites (N-methyl/N-ethyl adjacent to an activating group) is 1. The van der Waals surface area contributed by atoms with Crippen molar-refractivity contribution >= 4 is 11.8 Å². The Hall–Kier alpha value is -1.88. The Morgan fingerprint density at radius 3 is 2.35 bits per heavy atom. The molecule has 0 saturated carbocycles. The molecule has 0 aromatic heterocycles. The summed E-state index contributed by atoms with van der Waals surface area (Å²) in [6.07, 6.45) is 2.63. The van der Waals surface area contributed by atoms with E-state index in [4.69, 9.17) is 0 Å². The summed E-state index contributed by atoms with van der Waals surface area (Å²) in [6, 6.07) is 8.90. The second-order valence-electron chi connectivity index (χ2n) is 6.71. The molecule has 2 amide bonds. The van der Waals surface area contributed by atoms with E-state index in [1.54, 1.807) is 6.92 Å². The highest BCUT2D eigenvalue weighted by Gasteiger charge is 2.33. The van der Waals surface area contributed by atoms with Crippen LogP contribution in [-0.2, 0) is 22.7 Å². The highest BCUT2D eigenvalue weighted by Crippen LogP contribution is 2.27. The molecular weight excluding hydrogens is 290 g/mol. The molecule has 3 rings (SSSR count). The molecule has 1 aromatic carbocycles. The third-order valence-corrected chi connectivity index (χ3v) is 5.18. The van der Waals surface area contributed by atoms with Gasteiger partial charge in [-0.25, -0.2) is 0 Å². The lowest BCUT2D eigenvalue weighted by Gasteiger charge is -2.27. The van der Waals surface area contributed by atoms with Gasteiger partial charge in [0.05, 0.1) is 0 Å². The summed E-state index contributed by atoms with van der Waals surface area (Å²) in [5.74, 6) is 0.242. The maximum absolute atomic E-state index is 12.6. The lowest BCUT2D eigenvalue weighted by Crippen LogP contribution is -2.42. The molecule has 2 aliphatic heterocycles. The van der Waals surface area contributed by atoms with E-state index in [2.05, 4.69) is 29.4 Å². The summed E-state index contributed by atoms with van der Waals surface area (Å²) in [6.45, 7) is 3.69. The second-order valence-corrected chi connectivity index (χ2v) is 6.71. The average Bonchev–Trinajstić information content (AvgIpc) is 3.10. The molecule has 124 valence electrons. The quantitative estimate of drug-likeness (QED) is 0.916. The van der Waals surface area contributed by atoms with Gasteiger partial charge in [0.15, 0.2) is 0 Å². The molecule has 0 spiro atoms. The van der Waals surface area contributed by atoms with Gasteiger partial charge in [-0.05, 0) is 31.0 Å². The van der Waals surface area contributed by atoms with E-state index < -0.39 is 0 Å². The van der Waals surface area contributed by atoms with Gasteiger partial charge in [-0.15, -0.1) is 0 Å². The van der Waals surface area contributed by atoms with Crippen LogP contribution < -0.4 is 5.32 Å². The molecule has 2 heterocycles. The third kappa shape index (κ3) is 3.55. The number of benzene rings is 1. The molecule has 5 heteroatoms. The van der Waals surface area contributed by atoms with Gasteiger partial charge in [-0.3, -0.25) is 14.5 Å². The van der Waals surface area contributed by atoms with Crippen LogP contribution in [-0.4, -0.2) is 47.3 Å². The largest absolute Gasteiger partial charge is 0.355 e. The molecule has 2 atom stereocenters. The van der Waals surface area contributed by atoms with Crippen molar-refractivity contribution in [3.05, 3.63) is 35.4 Å². The number of fused-ring (bicyclic) bond motifs is 1. The molecule has 5 nitrogen and oxygen atoms in total. The topological polar surface area (TPSA) is 52.7 Å². The first-order valence-corrected chi connectivity index (χ1v) is 8.35. The first kappa shape index (κ1) is 16.0. The fourth-order valence-corrected chi connectivity index (χ4v) is 3.68. The van der Waals surface area contributed by atoms with E-state index in [9.17, 15) is 9.59 Å². The molecule has 2 aliphatic rings. The predicted octanol–water partition coefficient (Wildman–Crippen LogP) is 1.52. The Morgan fingerprint density at radius 1 is 1.13 bits per heavy atom.